The van der Waals surface area contributed by atoms with Crippen molar-refractivity contribution in [1.82, 2.24) is 19.9 Å². The molecule has 1 fully saturated rings. The van der Waals surface area contributed by atoms with Gasteiger partial charge < -0.3 is 14.5 Å². The van der Waals surface area contributed by atoms with Gasteiger partial charge in [0.2, 0.25) is 0 Å². The Hall–Kier alpha value is -1.87. The van der Waals surface area contributed by atoms with Gasteiger partial charge in [-0.3, -0.25) is 0 Å². The molecule has 0 aromatic carbocycles. The maximum atomic E-state index is 14.8. The number of anilines is 1. The number of hydrogen-bond acceptors (Lipinski definition) is 7. The summed E-state index contributed by atoms with van der Waals surface area (Å²) < 4.78 is 20.2. The largest absolute Gasteiger partial charge is 0.449 e. The average Bonchev–Trinajstić information content (AvgIpc) is 3.02. The molecule has 2 aliphatic rings. The van der Waals surface area contributed by atoms with Crippen molar-refractivity contribution >= 4 is 46.2 Å². The summed E-state index contributed by atoms with van der Waals surface area (Å²) in [5.41, 5.74) is 0.943. The number of aryl methyl sites for hydroxylation is 1. The maximum Gasteiger partial charge on any atom is 0.409 e. The van der Waals surface area contributed by atoms with Gasteiger partial charge in [-0.25, -0.2) is 24.1 Å². The molecule has 0 aliphatic carbocycles. The van der Waals surface area contributed by atoms with Crippen LogP contribution in [0.25, 0.3) is 10.9 Å². The number of pyridine rings is 1. The third kappa shape index (κ3) is 6.22. The van der Waals surface area contributed by atoms with Gasteiger partial charge >= 0.3 is 6.09 Å². The lowest BCUT2D eigenvalue weighted by molar-refractivity contribution is 0.0930. The molecule has 0 N–H and O–H groups in total. The highest BCUT2D eigenvalue weighted by Gasteiger charge is 2.35. The van der Waals surface area contributed by atoms with Gasteiger partial charge in [0.15, 0.2) is 16.1 Å². The Labute approximate surface area is 211 Å². The van der Waals surface area contributed by atoms with Gasteiger partial charge in [0.1, 0.15) is 11.3 Å². The summed E-state index contributed by atoms with van der Waals surface area (Å²) in [5.74, 6) is 0.864. The van der Waals surface area contributed by atoms with Crippen molar-refractivity contribution in [3.8, 4) is 0 Å². The number of amides is 1. The molecule has 1 amide bonds. The summed E-state index contributed by atoms with van der Waals surface area (Å²) in [6, 6.07) is 0.0473. The number of halogens is 2. The van der Waals surface area contributed by atoms with Crippen molar-refractivity contribution in [2.45, 2.75) is 78.4 Å². The first-order chi connectivity index (χ1) is 16.5. The van der Waals surface area contributed by atoms with Crippen LogP contribution in [0.4, 0.5) is 15.0 Å². The molecule has 0 saturated carbocycles. The zero-order chi connectivity index (χ0) is 25.3. The summed E-state index contributed by atoms with van der Waals surface area (Å²) >= 11 is 7.54. The molecule has 0 radical (unpaired) electrons. The van der Waals surface area contributed by atoms with Gasteiger partial charge in [-0.05, 0) is 25.0 Å². The minimum atomic E-state index is -0.603. The van der Waals surface area contributed by atoms with Crippen LogP contribution in [-0.2, 0) is 11.2 Å². The Bertz CT molecular complexity index is 965. The molecule has 1 saturated heterocycles. The number of nitrogens with zero attached hydrogens (tertiary/aromatic N) is 5. The van der Waals surface area contributed by atoms with E-state index in [0.717, 1.165) is 25.0 Å². The number of carbonyl (C=O) groups excluding carboxylic acids is 1. The van der Waals surface area contributed by atoms with E-state index in [9.17, 15) is 9.18 Å². The fraction of sp³-hybridized carbons (Fsp3) is 0.667. The highest BCUT2D eigenvalue weighted by molar-refractivity contribution is 7.99. The van der Waals surface area contributed by atoms with Crippen LogP contribution in [0.2, 0.25) is 5.15 Å². The molecule has 0 bridgehead atoms. The normalized spacial score (nSPS) is 16.5. The van der Waals surface area contributed by atoms with Crippen molar-refractivity contribution in [2.75, 3.05) is 36.9 Å². The van der Waals surface area contributed by atoms with E-state index in [4.69, 9.17) is 21.3 Å². The first kappa shape index (κ1) is 28.4. The van der Waals surface area contributed by atoms with Crippen LogP contribution in [0.15, 0.2) is 5.16 Å². The zero-order valence-corrected chi connectivity index (χ0v) is 22.7. The van der Waals surface area contributed by atoms with Crippen LogP contribution >= 0.6 is 23.4 Å². The second-order valence-electron chi connectivity index (χ2n) is 7.45. The third-order valence-corrected chi connectivity index (χ3v) is 6.48. The van der Waals surface area contributed by atoms with Crippen molar-refractivity contribution in [3.63, 3.8) is 0 Å². The van der Waals surface area contributed by atoms with E-state index in [1.807, 2.05) is 34.6 Å². The Morgan fingerprint density at radius 2 is 1.91 bits per heavy atom. The number of piperazine rings is 1. The van der Waals surface area contributed by atoms with E-state index < -0.39 is 5.82 Å². The van der Waals surface area contributed by atoms with Crippen LogP contribution < -0.4 is 4.90 Å². The van der Waals surface area contributed by atoms with Crippen molar-refractivity contribution in [1.29, 1.82) is 0 Å². The fourth-order valence-corrected chi connectivity index (χ4v) is 4.76. The van der Waals surface area contributed by atoms with E-state index in [2.05, 4.69) is 21.8 Å². The zero-order valence-electron chi connectivity index (χ0n) is 21.2. The van der Waals surface area contributed by atoms with Gasteiger partial charge in [-0.1, -0.05) is 71.3 Å². The van der Waals surface area contributed by atoms with E-state index in [1.165, 1.54) is 11.8 Å². The number of thioether (sulfide) groups is 1. The number of unbranched alkanes of at least 4 members (excludes halogenated alkanes) is 1. The molecular formula is C24H37ClFN5O2S. The summed E-state index contributed by atoms with van der Waals surface area (Å²) in [6.07, 6.45) is 2.95. The lowest BCUT2D eigenvalue weighted by Gasteiger charge is -2.41. The van der Waals surface area contributed by atoms with Crippen LogP contribution in [0.1, 0.15) is 66.5 Å². The molecule has 0 spiro atoms. The number of hydrogen-bond donors (Lipinski definition) is 0. The van der Waals surface area contributed by atoms with Gasteiger partial charge in [0.25, 0.3) is 0 Å². The molecular weight excluding hydrogens is 477 g/mol. The molecule has 34 heavy (non-hydrogen) atoms. The highest BCUT2D eigenvalue weighted by Crippen LogP contribution is 2.38. The number of rotatable bonds is 5. The monoisotopic (exact) mass is 513 g/mol. The SMILES string of the molecule is CC.CC.CCCCOC(=O)N1CCN2c3nc(SCC)nc4c(F)c(Cl)nc(c34)CCC2C1. The van der Waals surface area contributed by atoms with E-state index >= 15 is 0 Å². The number of aromatic nitrogens is 3. The van der Waals surface area contributed by atoms with E-state index in [1.54, 1.807) is 4.90 Å². The Balaban J connectivity index is 0.000000970. The van der Waals surface area contributed by atoms with Crippen molar-refractivity contribution < 1.29 is 13.9 Å². The lowest BCUT2D eigenvalue weighted by Crippen LogP contribution is -2.55. The number of fused-ring (bicyclic) bond motifs is 2. The third-order valence-electron chi connectivity index (χ3n) is 5.50. The molecule has 4 heterocycles. The molecule has 190 valence electrons. The molecule has 4 rings (SSSR count). The standard InChI is InChI=1S/C20H25ClFN5O2S.2C2H6/c1-3-5-10-29-20(28)26-8-9-27-12(11-26)6-7-13-14-16(15(22)17(21)23-13)24-19(30-4-2)25-18(14)27;2*1-2/h12H,3-11H2,1-2H3;2*1-2H3. The maximum absolute atomic E-state index is 14.8. The second kappa shape index (κ2) is 13.9. The first-order valence-corrected chi connectivity index (χ1v) is 13.8. The first-order valence-electron chi connectivity index (χ1n) is 12.4. The Kier molecular flexibility index (Phi) is 11.6. The van der Waals surface area contributed by atoms with E-state index in [-0.39, 0.29) is 22.8 Å². The summed E-state index contributed by atoms with van der Waals surface area (Å²) in [4.78, 5) is 29.9. The molecule has 2 aromatic rings. The van der Waals surface area contributed by atoms with Gasteiger partial charge in [-0.2, -0.15) is 0 Å². The minimum Gasteiger partial charge on any atom is -0.449 e. The van der Waals surface area contributed by atoms with Crippen LogP contribution in [-0.4, -0.2) is 64.0 Å². The predicted octanol–water partition coefficient (Wildman–Crippen LogP) is 6.36. The quantitative estimate of drug-likeness (QED) is 0.199. The molecule has 1 unspecified atom stereocenters. The molecule has 7 nitrogen and oxygen atoms in total. The van der Waals surface area contributed by atoms with E-state index in [0.29, 0.717) is 54.7 Å². The van der Waals surface area contributed by atoms with Gasteiger partial charge in [0, 0.05) is 25.7 Å². The number of carbonyl (C=O) groups is 1. The predicted molar refractivity (Wildman–Crippen MR) is 139 cm³/mol. The fourth-order valence-electron chi connectivity index (χ4n) is 4.00. The van der Waals surface area contributed by atoms with Crippen LogP contribution in [0.5, 0.6) is 0 Å². The average molecular weight is 514 g/mol. The minimum absolute atomic E-state index is 0.0473. The summed E-state index contributed by atoms with van der Waals surface area (Å²) in [7, 11) is 0. The topological polar surface area (TPSA) is 71.5 Å². The van der Waals surface area contributed by atoms with Crippen molar-refractivity contribution in [3.05, 3.63) is 16.7 Å². The van der Waals surface area contributed by atoms with Gasteiger partial charge in [0.05, 0.1) is 17.7 Å². The second-order valence-corrected chi connectivity index (χ2v) is 9.04. The Morgan fingerprint density at radius 3 is 2.59 bits per heavy atom. The summed E-state index contributed by atoms with van der Waals surface area (Å²) in [5, 5.41) is 1.00. The van der Waals surface area contributed by atoms with Gasteiger partial charge in [-0.15, -0.1) is 0 Å². The van der Waals surface area contributed by atoms with Crippen LogP contribution in [0.3, 0.4) is 0 Å². The highest BCUT2D eigenvalue weighted by atomic mass is 35.5. The molecule has 2 aromatic heterocycles. The van der Waals surface area contributed by atoms with Crippen LogP contribution in [0, 0.1) is 5.82 Å². The Morgan fingerprint density at radius 1 is 1.18 bits per heavy atom. The molecule has 2 aliphatic heterocycles. The van der Waals surface area contributed by atoms with Crippen molar-refractivity contribution in [2.24, 2.45) is 0 Å². The molecule has 10 heteroatoms. The smallest absolute Gasteiger partial charge is 0.409 e. The molecule has 1 atom stereocenters. The lowest BCUT2D eigenvalue weighted by atomic mass is 10.1. The summed E-state index contributed by atoms with van der Waals surface area (Å²) in [6.45, 7) is 14.2. The number of ether oxygens (including phenoxy) is 1.